The van der Waals surface area contributed by atoms with Gasteiger partial charge >= 0.3 is 6.18 Å². The van der Waals surface area contributed by atoms with E-state index in [1.165, 1.54) is 0 Å². The third-order valence-corrected chi connectivity index (χ3v) is 6.11. The van der Waals surface area contributed by atoms with Crippen molar-refractivity contribution in [3.63, 3.8) is 0 Å². The Morgan fingerprint density at radius 1 is 1.20 bits per heavy atom. The fraction of sp³-hybridized carbons (Fsp3) is 0.667. The van der Waals surface area contributed by atoms with Gasteiger partial charge < -0.3 is 10.2 Å². The van der Waals surface area contributed by atoms with Gasteiger partial charge in [-0.3, -0.25) is 9.89 Å². The van der Waals surface area contributed by atoms with Gasteiger partial charge in [0, 0.05) is 18.5 Å². The van der Waals surface area contributed by atoms with E-state index < -0.39 is 17.8 Å². The summed E-state index contributed by atoms with van der Waals surface area (Å²) in [5.41, 5.74) is -0.382. The van der Waals surface area contributed by atoms with Gasteiger partial charge in [-0.15, -0.1) is 0 Å². The molecule has 0 radical (unpaired) electrons. The van der Waals surface area contributed by atoms with E-state index in [0.717, 1.165) is 44.6 Å². The molecule has 0 aromatic carbocycles. The summed E-state index contributed by atoms with van der Waals surface area (Å²) in [4.78, 5) is 19.3. The number of fused-ring (bicyclic) bond motifs is 1. The molecule has 1 saturated carbocycles. The monoisotopic (exact) mass is 423 g/mol. The minimum absolute atomic E-state index is 0.0147. The third-order valence-electron chi connectivity index (χ3n) is 6.11. The first kappa shape index (κ1) is 20.9. The van der Waals surface area contributed by atoms with Gasteiger partial charge in [0.2, 0.25) is 5.91 Å². The number of likely N-dealkylation sites (tertiary alicyclic amines) is 1. The molecule has 3 heterocycles. The van der Waals surface area contributed by atoms with E-state index in [9.17, 15) is 18.0 Å². The highest BCUT2D eigenvalue weighted by Crippen LogP contribution is 2.41. The summed E-state index contributed by atoms with van der Waals surface area (Å²) in [7, 11) is 0. The van der Waals surface area contributed by atoms with Crippen LogP contribution in [-0.2, 0) is 11.0 Å². The molecule has 2 N–H and O–H groups in total. The zero-order valence-corrected chi connectivity index (χ0v) is 17.4. The molecule has 1 atom stereocenters. The molecule has 2 aromatic heterocycles. The SMILES string of the molecule is CC(C)Nc1n[nH]c2nc(C3CCCN3C(=O)C3CCCCC3)cc(C(F)(F)F)c12. The second kappa shape index (κ2) is 8.07. The van der Waals surface area contributed by atoms with E-state index in [1.807, 2.05) is 13.8 Å². The number of halogens is 3. The number of rotatable bonds is 4. The van der Waals surface area contributed by atoms with Crippen molar-refractivity contribution < 1.29 is 18.0 Å². The van der Waals surface area contributed by atoms with Crippen molar-refractivity contribution in [3.05, 3.63) is 17.3 Å². The summed E-state index contributed by atoms with van der Waals surface area (Å²) in [6.07, 6.45) is 1.80. The number of H-pyrrole nitrogens is 1. The number of aromatic nitrogens is 3. The number of anilines is 1. The number of hydrogen-bond donors (Lipinski definition) is 2. The van der Waals surface area contributed by atoms with E-state index in [2.05, 4.69) is 20.5 Å². The summed E-state index contributed by atoms with van der Waals surface area (Å²) in [5.74, 6) is 0.200. The standard InChI is InChI=1S/C21H28F3N5O/c1-12(2)25-18-17-14(21(22,23)24)11-15(26-19(17)28-27-18)16-9-6-10-29(16)20(30)13-7-4-3-5-8-13/h11-13,16H,3-10H2,1-2H3,(H2,25,26,27,28). The predicted molar refractivity (Wildman–Crippen MR) is 108 cm³/mol. The molecule has 0 bridgehead atoms. The van der Waals surface area contributed by atoms with Gasteiger partial charge in [-0.05, 0) is 45.6 Å². The van der Waals surface area contributed by atoms with Crippen LogP contribution < -0.4 is 5.32 Å². The summed E-state index contributed by atoms with van der Waals surface area (Å²) >= 11 is 0. The van der Waals surface area contributed by atoms with E-state index in [0.29, 0.717) is 13.0 Å². The lowest BCUT2D eigenvalue weighted by Gasteiger charge is -2.30. The highest BCUT2D eigenvalue weighted by molar-refractivity contribution is 5.91. The second-order valence-corrected chi connectivity index (χ2v) is 8.71. The van der Waals surface area contributed by atoms with Gasteiger partial charge in [-0.25, -0.2) is 4.98 Å². The van der Waals surface area contributed by atoms with Crippen LogP contribution in [0, 0.1) is 5.92 Å². The maximum absolute atomic E-state index is 13.9. The molecule has 1 aliphatic heterocycles. The van der Waals surface area contributed by atoms with Crippen molar-refractivity contribution in [2.45, 2.75) is 77.1 Å². The number of nitrogens with one attached hydrogen (secondary N) is 2. The first-order chi connectivity index (χ1) is 14.3. The van der Waals surface area contributed by atoms with Crippen LogP contribution in [-0.4, -0.2) is 38.6 Å². The highest BCUT2D eigenvalue weighted by Gasteiger charge is 2.39. The van der Waals surface area contributed by atoms with Gasteiger partial charge in [0.05, 0.1) is 22.7 Å². The van der Waals surface area contributed by atoms with Gasteiger partial charge in [-0.2, -0.15) is 18.3 Å². The zero-order chi connectivity index (χ0) is 21.5. The summed E-state index contributed by atoms with van der Waals surface area (Å²) in [6.45, 7) is 4.25. The van der Waals surface area contributed by atoms with Crippen LogP contribution >= 0.6 is 0 Å². The Morgan fingerprint density at radius 2 is 1.93 bits per heavy atom. The Kier molecular flexibility index (Phi) is 5.63. The Morgan fingerprint density at radius 3 is 2.60 bits per heavy atom. The lowest BCUT2D eigenvalue weighted by molar-refractivity contribution is -0.137. The lowest BCUT2D eigenvalue weighted by Crippen LogP contribution is -2.37. The summed E-state index contributed by atoms with van der Waals surface area (Å²) in [6, 6.07) is 0.617. The third kappa shape index (κ3) is 3.98. The average molecular weight is 423 g/mol. The minimum atomic E-state index is -4.55. The highest BCUT2D eigenvalue weighted by atomic mass is 19.4. The number of pyridine rings is 1. The Labute approximate surface area is 173 Å². The van der Waals surface area contributed by atoms with Crippen LogP contribution in [0.1, 0.15) is 76.1 Å². The molecule has 30 heavy (non-hydrogen) atoms. The minimum Gasteiger partial charge on any atom is -0.366 e. The van der Waals surface area contributed by atoms with E-state index in [4.69, 9.17) is 0 Å². The molecule has 164 valence electrons. The largest absolute Gasteiger partial charge is 0.417 e. The number of amides is 1. The van der Waals surface area contributed by atoms with Crippen LogP contribution in [0.25, 0.3) is 11.0 Å². The zero-order valence-electron chi connectivity index (χ0n) is 17.4. The average Bonchev–Trinajstić information content (AvgIpc) is 3.34. The summed E-state index contributed by atoms with van der Waals surface area (Å²) < 4.78 is 41.8. The van der Waals surface area contributed by atoms with Crippen LogP contribution in [0.5, 0.6) is 0 Å². The van der Waals surface area contributed by atoms with Crippen LogP contribution in [0.2, 0.25) is 0 Å². The van der Waals surface area contributed by atoms with Crippen molar-refractivity contribution >= 4 is 22.8 Å². The predicted octanol–water partition coefficient (Wildman–Crippen LogP) is 5.04. The molecule has 1 unspecified atom stereocenters. The van der Waals surface area contributed by atoms with Crippen molar-refractivity contribution in [1.29, 1.82) is 0 Å². The fourth-order valence-electron chi connectivity index (χ4n) is 4.74. The molecule has 4 rings (SSSR count). The van der Waals surface area contributed by atoms with Crippen LogP contribution in [0.15, 0.2) is 6.07 Å². The van der Waals surface area contributed by atoms with E-state index in [1.54, 1.807) is 4.90 Å². The Balaban J connectivity index is 1.72. The smallest absolute Gasteiger partial charge is 0.366 e. The fourth-order valence-corrected chi connectivity index (χ4v) is 4.74. The number of carbonyl (C=O) groups excluding carboxylic acids is 1. The number of hydrogen-bond acceptors (Lipinski definition) is 4. The number of aromatic amines is 1. The van der Waals surface area contributed by atoms with Crippen LogP contribution in [0.3, 0.4) is 0 Å². The topological polar surface area (TPSA) is 73.9 Å². The molecule has 1 saturated heterocycles. The number of carbonyl (C=O) groups is 1. The van der Waals surface area contributed by atoms with Crippen molar-refractivity contribution in [2.75, 3.05) is 11.9 Å². The maximum atomic E-state index is 13.9. The molecule has 2 aromatic rings. The van der Waals surface area contributed by atoms with E-state index >= 15 is 0 Å². The Hall–Kier alpha value is -2.32. The van der Waals surface area contributed by atoms with Gasteiger partial charge in [0.1, 0.15) is 0 Å². The second-order valence-electron chi connectivity index (χ2n) is 8.71. The molecule has 2 aliphatic rings. The quantitative estimate of drug-likeness (QED) is 0.723. The maximum Gasteiger partial charge on any atom is 0.417 e. The van der Waals surface area contributed by atoms with Gasteiger partial charge in [0.25, 0.3) is 0 Å². The lowest BCUT2D eigenvalue weighted by atomic mass is 9.88. The molecular weight excluding hydrogens is 395 g/mol. The molecular formula is C21H28F3N5O. The normalized spacial score (nSPS) is 21.0. The van der Waals surface area contributed by atoms with E-state index in [-0.39, 0.29) is 40.4 Å². The molecule has 6 nitrogen and oxygen atoms in total. The first-order valence-corrected chi connectivity index (χ1v) is 10.8. The van der Waals surface area contributed by atoms with Crippen LogP contribution in [0.4, 0.5) is 19.0 Å². The van der Waals surface area contributed by atoms with Crippen molar-refractivity contribution in [1.82, 2.24) is 20.1 Å². The molecule has 0 spiro atoms. The number of alkyl halides is 3. The van der Waals surface area contributed by atoms with Gasteiger partial charge in [-0.1, -0.05) is 19.3 Å². The van der Waals surface area contributed by atoms with Crippen molar-refractivity contribution in [2.24, 2.45) is 5.92 Å². The molecule has 9 heteroatoms. The van der Waals surface area contributed by atoms with Gasteiger partial charge in [0.15, 0.2) is 11.5 Å². The molecule has 1 aliphatic carbocycles. The number of nitrogens with zero attached hydrogens (tertiary/aromatic N) is 3. The van der Waals surface area contributed by atoms with Crippen molar-refractivity contribution in [3.8, 4) is 0 Å². The molecule has 1 amide bonds. The summed E-state index contributed by atoms with van der Waals surface area (Å²) in [5, 5.41) is 9.58. The Bertz CT molecular complexity index is 917. The first-order valence-electron chi connectivity index (χ1n) is 10.8. The molecule has 2 fully saturated rings.